The highest BCUT2D eigenvalue weighted by Crippen LogP contribution is 2.27. The number of carboxylic acid groups (broad SMARTS) is 1. The van der Waals surface area contributed by atoms with Crippen LogP contribution in [0.5, 0.6) is 5.75 Å². The van der Waals surface area contributed by atoms with E-state index >= 15 is 0 Å². The van der Waals surface area contributed by atoms with Crippen LogP contribution in [0.2, 0.25) is 0 Å². The maximum absolute atomic E-state index is 12.4. The lowest BCUT2D eigenvalue weighted by Gasteiger charge is -2.12. The number of methoxy groups -OCH3 is 1. The Morgan fingerprint density at radius 2 is 1.82 bits per heavy atom. The van der Waals surface area contributed by atoms with E-state index in [-0.39, 0.29) is 16.2 Å². The molecule has 116 valence electrons. The number of hydrogen-bond donors (Lipinski definition) is 2. The summed E-state index contributed by atoms with van der Waals surface area (Å²) in [5.41, 5.74) is 0.211. The first-order valence-corrected chi connectivity index (χ1v) is 8.31. The number of rotatable bonds is 5. The molecular formula is C14H12BrNO5S. The van der Waals surface area contributed by atoms with Gasteiger partial charge < -0.3 is 9.84 Å². The Balaban J connectivity index is 2.45. The highest BCUT2D eigenvalue weighted by molar-refractivity contribution is 9.10. The van der Waals surface area contributed by atoms with Crippen molar-refractivity contribution in [3.05, 3.63) is 52.5 Å². The number of aromatic carboxylic acids is 1. The van der Waals surface area contributed by atoms with Crippen LogP contribution in [0.25, 0.3) is 0 Å². The second kappa shape index (κ2) is 6.37. The Labute approximate surface area is 135 Å². The molecule has 0 unspecified atom stereocenters. The summed E-state index contributed by atoms with van der Waals surface area (Å²) in [4.78, 5) is 10.8. The summed E-state index contributed by atoms with van der Waals surface area (Å²) in [6.45, 7) is 0. The van der Waals surface area contributed by atoms with Gasteiger partial charge in [-0.15, -0.1) is 0 Å². The molecule has 2 aromatic rings. The predicted octanol–water partition coefficient (Wildman–Crippen LogP) is 2.96. The van der Waals surface area contributed by atoms with Gasteiger partial charge >= 0.3 is 5.97 Å². The van der Waals surface area contributed by atoms with Crippen molar-refractivity contribution >= 4 is 37.6 Å². The molecule has 6 nitrogen and oxygen atoms in total. The molecule has 0 aliphatic rings. The highest BCUT2D eigenvalue weighted by atomic mass is 79.9. The van der Waals surface area contributed by atoms with Crippen molar-refractivity contribution in [2.24, 2.45) is 0 Å². The van der Waals surface area contributed by atoms with Gasteiger partial charge in [0.15, 0.2) is 0 Å². The molecule has 0 bridgehead atoms. The van der Waals surface area contributed by atoms with Gasteiger partial charge in [0, 0.05) is 10.2 Å². The zero-order chi connectivity index (χ0) is 16.3. The number of anilines is 1. The van der Waals surface area contributed by atoms with Crippen molar-refractivity contribution in [1.82, 2.24) is 0 Å². The fourth-order valence-electron chi connectivity index (χ4n) is 1.75. The molecule has 0 heterocycles. The maximum atomic E-state index is 12.4. The average Bonchev–Trinajstić information content (AvgIpc) is 2.48. The summed E-state index contributed by atoms with van der Waals surface area (Å²) in [6, 6.07) is 10.2. The second-order valence-electron chi connectivity index (χ2n) is 4.28. The first kappa shape index (κ1) is 16.3. The van der Waals surface area contributed by atoms with E-state index in [1.807, 2.05) is 0 Å². The number of sulfonamides is 1. The lowest BCUT2D eigenvalue weighted by Crippen LogP contribution is -2.15. The van der Waals surface area contributed by atoms with Crippen molar-refractivity contribution in [2.75, 3.05) is 11.8 Å². The lowest BCUT2D eigenvalue weighted by molar-refractivity contribution is 0.0696. The number of ether oxygens (including phenoxy) is 1. The van der Waals surface area contributed by atoms with Crippen LogP contribution in [-0.2, 0) is 10.0 Å². The Morgan fingerprint density at radius 3 is 2.36 bits per heavy atom. The second-order valence-corrected chi connectivity index (χ2v) is 6.85. The zero-order valence-corrected chi connectivity index (χ0v) is 13.8. The van der Waals surface area contributed by atoms with Crippen molar-refractivity contribution in [2.45, 2.75) is 4.90 Å². The number of benzene rings is 2. The molecule has 2 rings (SSSR count). The lowest BCUT2D eigenvalue weighted by atomic mass is 10.2. The Hall–Kier alpha value is -2.06. The molecule has 0 aliphatic heterocycles. The minimum atomic E-state index is -3.98. The molecule has 0 spiro atoms. The third kappa shape index (κ3) is 3.58. The zero-order valence-electron chi connectivity index (χ0n) is 11.4. The molecule has 2 aromatic carbocycles. The molecule has 0 amide bonds. The van der Waals surface area contributed by atoms with Gasteiger partial charge in [-0.25, -0.2) is 13.2 Å². The number of carboxylic acids is 1. The van der Waals surface area contributed by atoms with E-state index in [9.17, 15) is 13.2 Å². The summed E-state index contributed by atoms with van der Waals surface area (Å²) in [5.74, 6) is -1.16. The van der Waals surface area contributed by atoms with Crippen LogP contribution in [0.1, 0.15) is 10.4 Å². The Kier molecular flexibility index (Phi) is 4.72. The first-order valence-electron chi connectivity index (χ1n) is 6.03. The van der Waals surface area contributed by atoms with Gasteiger partial charge in [0.1, 0.15) is 10.6 Å². The largest absolute Gasteiger partial charge is 0.495 e. The maximum Gasteiger partial charge on any atom is 0.335 e. The first-order chi connectivity index (χ1) is 10.3. The highest BCUT2D eigenvalue weighted by Gasteiger charge is 2.21. The Morgan fingerprint density at radius 1 is 1.18 bits per heavy atom. The monoisotopic (exact) mass is 385 g/mol. The summed E-state index contributed by atoms with van der Waals surface area (Å²) in [6.07, 6.45) is 0. The van der Waals surface area contributed by atoms with E-state index in [0.717, 1.165) is 10.5 Å². The van der Waals surface area contributed by atoms with E-state index in [1.54, 1.807) is 24.3 Å². The standard InChI is InChI=1S/C14H12BrNO5S/c1-21-12-7-2-9(14(17)18)8-13(12)22(19,20)16-11-5-3-10(15)4-6-11/h2-8,16H,1H3,(H,17,18). The predicted molar refractivity (Wildman–Crippen MR) is 84.9 cm³/mol. The molecule has 22 heavy (non-hydrogen) atoms. The number of hydrogen-bond acceptors (Lipinski definition) is 4. The molecule has 8 heteroatoms. The fraction of sp³-hybridized carbons (Fsp3) is 0.0714. The topological polar surface area (TPSA) is 92.7 Å². The van der Waals surface area contributed by atoms with Gasteiger partial charge in [0.2, 0.25) is 0 Å². The molecule has 0 fully saturated rings. The van der Waals surface area contributed by atoms with Crippen LogP contribution >= 0.6 is 15.9 Å². The van der Waals surface area contributed by atoms with Crippen LogP contribution in [-0.4, -0.2) is 26.6 Å². The third-order valence-electron chi connectivity index (χ3n) is 2.80. The van der Waals surface area contributed by atoms with Crippen molar-refractivity contribution in [3.63, 3.8) is 0 Å². The summed E-state index contributed by atoms with van der Waals surface area (Å²) in [7, 11) is -2.66. The van der Waals surface area contributed by atoms with Gasteiger partial charge in [-0.3, -0.25) is 4.72 Å². The van der Waals surface area contributed by atoms with Crippen LogP contribution in [0.4, 0.5) is 5.69 Å². The molecule has 0 saturated heterocycles. The molecule has 0 aliphatic carbocycles. The number of carbonyl (C=O) groups is 1. The SMILES string of the molecule is COc1ccc(C(=O)O)cc1S(=O)(=O)Nc1ccc(Br)cc1. The van der Waals surface area contributed by atoms with E-state index in [2.05, 4.69) is 20.7 Å². The van der Waals surface area contributed by atoms with Gasteiger partial charge in [0.25, 0.3) is 10.0 Å². The average molecular weight is 386 g/mol. The summed E-state index contributed by atoms with van der Waals surface area (Å²) < 4.78 is 33.1. The quantitative estimate of drug-likeness (QED) is 0.824. The number of halogens is 1. The van der Waals surface area contributed by atoms with E-state index in [1.165, 1.54) is 19.2 Å². The van der Waals surface area contributed by atoms with Crippen molar-refractivity contribution in [3.8, 4) is 5.75 Å². The van der Waals surface area contributed by atoms with Crippen molar-refractivity contribution < 1.29 is 23.1 Å². The molecule has 0 saturated carbocycles. The molecule has 0 aromatic heterocycles. The van der Waals surface area contributed by atoms with Gasteiger partial charge in [0.05, 0.1) is 12.7 Å². The van der Waals surface area contributed by atoms with Crippen LogP contribution in [0, 0.1) is 0 Å². The van der Waals surface area contributed by atoms with E-state index < -0.39 is 16.0 Å². The van der Waals surface area contributed by atoms with E-state index in [0.29, 0.717) is 5.69 Å². The van der Waals surface area contributed by atoms with Gasteiger partial charge in [-0.1, -0.05) is 15.9 Å². The van der Waals surface area contributed by atoms with Crippen LogP contribution < -0.4 is 9.46 Å². The normalized spacial score (nSPS) is 11.0. The van der Waals surface area contributed by atoms with Gasteiger partial charge in [-0.2, -0.15) is 0 Å². The Bertz CT molecular complexity index is 802. The third-order valence-corrected chi connectivity index (χ3v) is 4.73. The summed E-state index contributed by atoms with van der Waals surface area (Å²) >= 11 is 3.26. The molecule has 0 atom stereocenters. The van der Waals surface area contributed by atoms with Crippen molar-refractivity contribution in [1.29, 1.82) is 0 Å². The molecule has 2 N–H and O–H groups in total. The minimum Gasteiger partial charge on any atom is -0.495 e. The van der Waals surface area contributed by atoms with E-state index in [4.69, 9.17) is 9.84 Å². The van der Waals surface area contributed by atoms with Crippen LogP contribution in [0.15, 0.2) is 51.8 Å². The molecule has 0 radical (unpaired) electrons. The fourth-order valence-corrected chi connectivity index (χ4v) is 3.27. The van der Waals surface area contributed by atoms with Gasteiger partial charge in [-0.05, 0) is 42.5 Å². The minimum absolute atomic E-state index is 0.0645. The van der Waals surface area contributed by atoms with Crippen LogP contribution in [0.3, 0.4) is 0 Å². The summed E-state index contributed by atoms with van der Waals surface area (Å²) in [5, 5.41) is 9.00. The molecular weight excluding hydrogens is 374 g/mol. The number of nitrogens with one attached hydrogen (secondary N) is 1. The smallest absolute Gasteiger partial charge is 0.335 e.